The van der Waals surface area contributed by atoms with Crippen LogP contribution in [-0.4, -0.2) is 60.0 Å². The van der Waals surface area contributed by atoms with E-state index in [1.54, 1.807) is 6.20 Å². The average molecular weight is 785 g/mol. The fourth-order valence-electron chi connectivity index (χ4n) is 9.21. The van der Waals surface area contributed by atoms with Gasteiger partial charge in [-0.3, -0.25) is 4.68 Å². The van der Waals surface area contributed by atoms with E-state index in [4.69, 9.17) is 21.7 Å². The maximum Gasteiger partial charge on any atom is 0.227 e. The van der Waals surface area contributed by atoms with E-state index in [9.17, 15) is 0 Å². The van der Waals surface area contributed by atoms with Gasteiger partial charge in [0, 0.05) is 104 Å². The van der Waals surface area contributed by atoms with Crippen LogP contribution in [0.3, 0.4) is 0 Å². The second-order valence-corrected chi connectivity index (χ2v) is 16.9. The number of hydrogen-bond acceptors (Lipinski definition) is 9. The van der Waals surface area contributed by atoms with Crippen LogP contribution in [0.25, 0.3) is 17.0 Å². The van der Waals surface area contributed by atoms with E-state index < -0.39 is 0 Å². The summed E-state index contributed by atoms with van der Waals surface area (Å²) < 4.78 is 2.04. The molecule has 3 fully saturated rings. The Morgan fingerprint density at radius 1 is 0.947 bits per heavy atom. The summed E-state index contributed by atoms with van der Waals surface area (Å²) in [7, 11) is 6.04. The molecule has 3 N–H and O–H groups in total. The minimum absolute atomic E-state index is 0.212. The van der Waals surface area contributed by atoms with Gasteiger partial charge in [0.2, 0.25) is 5.95 Å². The highest BCUT2D eigenvalue weighted by molar-refractivity contribution is 6.32. The standard InChI is InChI=1S/C46H57ClN10/c1-29(48-5)8-10-35-25-36-26-37(11-15-42(36)54(6)32(35)4)51-45-41(47)28-49-46(52-45)57-22-18-34(19-23-57)24-33-16-20-56(21-17-33)38-12-14-40-43(27-38)55(7)53-44(40)39-13-9-30(2)50-31(39)3/h11-12,14-15,25-28,33-34,39,48,50H,1-4,8-10,13,16-24H2,5-7H3,(H,49,51,52). The van der Waals surface area contributed by atoms with Crippen molar-refractivity contribution in [3.63, 3.8) is 0 Å². The van der Waals surface area contributed by atoms with Crippen LogP contribution in [0.2, 0.25) is 5.02 Å². The third-order valence-electron chi connectivity index (χ3n) is 12.8. The number of nitrogens with zero attached hydrogens (tertiary/aromatic N) is 7. The number of fused-ring (bicyclic) bond motifs is 2. The number of nitrogens with one attached hydrogen (secondary N) is 3. The van der Waals surface area contributed by atoms with Gasteiger partial charge in [-0.2, -0.15) is 10.1 Å². The second-order valence-electron chi connectivity index (χ2n) is 16.4. The number of anilines is 5. The Morgan fingerprint density at radius 2 is 1.68 bits per heavy atom. The Morgan fingerprint density at radius 3 is 2.40 bits per heavy atom. The van der Waals surface area contributed by atoms with E-state index >= 15 is 0 Å². The SMILES string of the molecule is C=C(CCC1=Cc2cc(Nc3nc(N4CCC(CC5CCN(c6ccc7c(C8CCC(=C)NC8=C)nn(C)c7c6)CC5)CC4)ncc3Cl)ccc2N(C)C1=C)NC. The maximum atomic E-state index is 6.66. The lowest BCUT2D eigenvalue weighted by atomic mass is 9.82. The predicted octanol–water partition coefficient (Wildman–Crippen LogP) is 9.64. The molecule has 0 bridgehead atoms. The molecule has 10 nitrogen and oxygen atoms in total. The fourth-order valence-corrected chi connectivity index (χ4v) is 9.35. The van der Waals surface area contributed by atoms with Crippen molar-refractivity contribution < 1.29 is 0 Å². The Balaban J connectivity index is 0.842. The third-order valence-corrected chi connectivity index (χ3v) is 13.0. The molecule has 0 saturated carbocycles. The molecule has 8 rings (SSSR count). The zero-order valence-electron chi connectivity index (χ0n) is 33.9. The summed E-state index contributed by atoms with van der Waals surface area (Å²) in [5.41, 5.74) is 12.1. The number of benzene rings is 2. The van der Waals surface area contributed by atoms with Crippen LogP contribution in [0.5, 0.6) is 0 Å². The first-order valence-corrected chi connectivity index (χ1v) is 20.9. The lowest BCUT2D eigenvalue weighted by Crippen LogP contribution is -2.37. The van der Waals surface area contributed by atoms with Crippen LogP contribution in [0.4, 0.5) is 28.8 Å². The molecule has 4 aromatic rings. The van der Waals surface area contributed by atoms with E-state index in [-0.39, 0.29) is 5.92 Å². The zero-order valence-corrected chi connectivity index (χ0v) is 34.6. The molecule has 0 spiro atoms. The normalized spacial score (nSPS) is 19.4. The average Bonchev–Trinajstić information content (AvgIpc) is 3.54. The third kappa shape index (κ3) is 8.15. The predicted molar refractivity (Wildman–Crippen MR) is 238 cm³/mol. The van der Waals surface area contributed by atoms with Crippen LogP contribution < -0.4 is 30.7 Å². The van der Waals surface area contributed by atoms with Crippen molar-refractivity contribution >= 4 is 57.4 Å². The van der Waals surface area contributed by atoms with E-state index in [2.05, 4.69) is 119 Å². The summed E-state index contributed by atoms with van der Waals surface area (Å²) in [6.07, 6.45) is 13.7. The Kier molecular flexibility index (Phi) is 11.1. The van der Waals surface area contributed by atoms with E-state index in [0.717, 1.165) is 128 Å². The van der Waals surface area contributed by atoms with Gasteiger partial charge in [0.05, 0.1) is 17.4 Å². The van der Waals surface area contributed by atoms with Crippen LogP contribution >= 0.6 is 11.6 Å². The van der Waals surface area contributed by atoms with Gasteiger partial charge in [-0.25, -0.2) is 4.98 Å². The molecule has 11 heteroatoms. The van der Waals surface area contributed by atoms with Gasteiger partial charge in [0.1, 0.15) is 5.02 Å². The summed E-state index contributed by atoms with van der Waals surface area (Å²) in [6.45, 7) is 20.9. The van der Waals surface area contributed by atoms with Gasteiger partial charge in [-0.1, -0.05) is 37.9 Å². The summed E-state index contributed by atoms with van der Waals surface area (Å²) in [5, 5.41) is 16.7. The summed E-state index contributed by atoms with van der Waals surface area (Å²) >= 11 is 6.66. The molecule has 1 unspecified atom stereocenters. The lowest BCUT2D eigenvalue weighted by molar-refractivity contribution is 0.279. The van der Waals surface area contributed by atoms with Crippen molar-refractivity contribution in [2.75, 3.05) is 60.3 Å². The first kappa shape index (κ1) is 38.6. The highest BCUT2D eigenvalue weighted by Crippen LogP contribution is 2.40. The first-order valence-electron chi connectivity index (χ1n) is 20.6. The topological polar surface area (TPSA) is 89.4 Å². The number of aromatic nitrogens is 4. The number of allylic oxidation sites excluding steroid dienone is 4. The lowest BCUT2D eigenvalue weighted by Gasteiger charge is -2.37. The zero-order chi connectivity index (χ0) is 39.8. The summed E-state index contributed by atoms with van der Waals surface area (Å²) in [4.78, 5) is 16.6. The van der Waals surface area contributed by atoms with Crippen LogP contribution in [0.15, 0.2) is 97.3 Å². The minimum atomic E-state index is 0.212. The van der Waals surface area contributed by atoms with Gasteiger partial charge in [-0.15, -0.1) is 0 Å². The second kappa shape index (κ2) is 16.3. The Hall–Kier alpha value is -5.22. The number of likely N-dealkylation sites (N-methyl/N-ethyl adjacent to an activating group) is 1. The number of aryl methyl sites for hydroxylation is 1. The van der Waals surface area contributed by atoms with Crippen molar-refractivity contribution in [1.29, 1.82) is 0 Å². The highest BCUT2D eigenvalue weighted by atomic mass is 35.5. The van der Waals surface area contributed by atoms with Gasteiger partial charge in [-0.05, 0) is 118 Å². The molecule has 0 radical (unpaired) electrons. The molecule has 0 aliphatic carbocycles. The van der Waals surface area contributed by atoms with E-state index in [0.29, 0.717) is 10.8 Å². The largest absolute Gasteiger partial charge is 0.392 e. The Labute approximate surface area is 343 Å². The number of rotatable bonds is 11. The van der Waals surface area contributed by atoms with Crippen molar-refractivity contribution in [3.05, 3.63) is 114 Å². The molecule has 3 saturated heterocycles. The van der Waals surface area contributed by atoms with E-state index in [1.807, 2.05) is 11.7 Å². The molecule has 1 atom stereocenters. The van der Waals surface area contributed by atoms with Crippen molar-refractivity contribution in [2.45, 2.75) is 63.7 Å². The smallest absolute Gasteiger partial charge is 0.227 e. The molecule has 298 valence electrons. The van der Waals surface area contributed by atoms with Gasteiger partial charge < -0.3 is 30.7 Å². The molecular weight excluding hydrogens is 728 g/mol. The molecule has 4 aliphatic heterocycles. The molecular formula is C46H57ClN10. The first-order chi connectivity index (χ1) is 27.5. The van der Waals surface area contributed by atoms with Crippen LogP contribution in [0, 0.1) is 11.8 Å². The molecule has 2 aromatic heterocycles. The Bertz CT molecular complexity index is 2240. The van der Waals surface area contributed by atoms with E-state index in [1.165, 1.54) is 41.4 Å². The molecule has 6 heterocycles. The van der Waals surface area contributed by atoms with Crippen LogP contribution in [-0.2, 0) is 7.05 Å². The molecule has 4 aliphatic rings. The molecule has 2 aromatic carbocycles. The monoisotopic (exact) mass is 784 g/mol. The fraction of sp³-hybridized carbons (Fsp3) is 0.413. The summed E-state index contributed by atoms with van der Waals surface area (Å²) in [6, 6.07) is 13.2. The highest BCUT2D eigenvalue weighted by Gasteiger charge is 2.29. The van der Waals surface area contributed by atoms with Gasteiger partial charge >= 0.3 is 0 Å². The minimum Gasteiger partial charge on any atom is -0.392 e. The van der Waals surface area contributed by atoms with Crippen molar-refractivity contribution in [1.82, 2.24) is 30.4 Å². The summed E-state index contributed by atoms with van der Waals surface area (Å²) in [5.74, 6) is 3.06. The van der Waals surface area contributed by atoms with Crippen LogP contribution in [0.1, 0.15) is 75.0 Å². The van der Waals surface area contributed by atoms with Gasteiger partial charge in [0.25, 0.3) is 0 Å². The van der Waals surface area contributed by atoms with Crippen molar-refractivity contribution in [2.24, 2.45) is 18.9 Å². The number of hydrogen-bond donors (Lipinski definition) is 3. The quantitative estimate of drug-likeness (QED) is 0.138. The van der Waals surface area contributed by atoms with Gasteiger partial charge in [0.15, 0.2) is 5.82 Å². The maximum absolute atomic E-state index is 6.66. The molecule has 0 amide bonds. The number of piperidine rings is 3. The number of halogens is 1. The molecule has 57 heavy (non-hydrogen) atoms. The van der Waals surface area contributed by atoms with Crippen molar-refractivity contribution in [3.8, 4) is 0 Å².